The zero-order valence-corrected chi connectivity index (χ0v) is 13.8. The zero-order chi connectivity index (χ0) is 17.1. The highest BCUT2D eigenvalue weighted by Crippen LogP contribution is 2.24. The van der Waals surface area contributed by atoms with Gasteiger partial charge < -0.3 is 10.8 Å². The van der Waals surface area contributed by atoms with Crippen molar-refractivity contribution in [1.29, 1.82) is 0 Å². The number of rotatable bonds is 6. The number of nitrogen functional groups attached to an aromatic ring is 1. The number of fused-ring (bicyclic) bond motifs is 1. The first-order chi connectivity index (χ1) is 11.5. The number of carbonyl (C=O) groups is 1. The molecule has 0 aliphatic heterocycles. The van der Waals surface area contributed by atoms with Crippen molar-refractivity contribution in [3.8, 4) is 6.01 Å². The number of aromatic hydroxyl groups is 1. The highest BCUT2D eigenvalue weighted by Gasteiger charge is 2.16. The molecule has 0 radical (unpaired) electrons. The summed E-state index contributed by atoms with van der Waals surface area (Å²) in [5.74, 6) is 0.734. The Morgan fingerprint density at radius 1 is 1.21 bits per heavy atom. The Hall–Kier alpha value is -2.61. The van der Waals surface area contributed by atoms with Gasteiger partial charge in [-0.25, -0.2) is 9.97 Å². The average molecular weight is 343 g/mol. The van der Waals surface area contributed by atoms with Crippen molar-refractivity contribution in [1.82, 2.24) is 19.5 Å². The second-order valence-corrected chi connectivity index (χ2v) is 5.93. The molecule has 8 heteroatoms. The first-order valence-corrected chi connectivity index (χ1v) is 7.96. The third kappa shape index (κ3) is 3.48. The number of aromatic nitrogens is 4. The number of aryl methyl sites for hydroxylation is 1. The molecule has 2 heterocycles. The standard InChI is InChI=1S/C16H17N5O2S/c17-14-13-15(19-11(18-14)7-4-8-12(22)24)21(16(23)20-13)9-10-5-2-1-3-6-10/h1-3,5-6H,4,7-9H2,(H,20,23)(H,22,24)(H2,17,18,19). The molecule has 0 fully saturated rings. The smallest absolute Gasteiger partial charge is 0.296 e. The monoisotopic (exact) mass is 343 g/mol. The number of imidazole rings is 1. The van der Waals surface area contributed by atoms with Crippen LogP contribution in [0.1, 0.15) is 24.2 Å². The van der Waals surface area contributed by atoms with Crippen molar-refractivity contribution in [2.24, 2.45) is 0 Å². The Balaban J connectivity index is 1.95. The summed E-state index contributed by atoms with van der Waals surface area (Å²) in [7, 11) is 0. The van der Waals surface area contributed by atoms with Gasteiger partial charge in [-0.2, -0.15) is 4.98 Å². The van der Waals surface area contributed by atoms with Crippen molar-refractivity contribution >= 4 is 34.7 Å². The molecular formula is C16H17N5O2S. The lowest BCUT2D eigenvalue weighted by Gasteiger charge is -2.06. The molecule has 0 aliphatic rings. The zero-order valence-electron chi connectivity index (χ0n) is 12.9. The second-order valence-electron chi connectivity index (χ2n) is 5.43. The van der Waals surface area contributed by atoms with Gasteiger partial charge in [0.1, 0.15) is 5.82 Å². The molecule has 0 bridgehead atoms. The lowest BCUT2D eigenvalue weighted by Crippen LogP contribution is -2.05. The summed E-state index contributed by atoms with van der Waals surface area (Å²) >= 11 is 3.75. The van der Waals surface area contributed by atoms with E-state index < -0.39 is 0 Å². The van der Waals surface area contributed by atoms with E-state index in [9.17, 15) is 9.90 Å². The summed E-state index contributed by atoms with van der Waals surface area (Å²) in [5, 5.41) is 9.96. The van der Waals surface area contributed by atoms with Crippen molar-refractivity contribution in [3.05, 3.63) is 41.7 Å². The fraction of sp³-hybridized carbons (Fsp3) is 0.250. The number of hydrogen-bond acceptors (Lipinski definition) is 6. The quantitative estimate of drug-likeness (QED) is 0.591. The first kappa shape index (κ1) is 16.3. The van der Waals surface area contributed by atoms with E-state index in [0.717, 1.165) is 5.56 Å². The van der Waals surface area contributed by atoms with Crippen LogP contribution < -0.4 is 5.73 Å². The minimum absolute atomic E-state index is 0.155. The highest BCUT2D eigenvalue weighted by atomic mass is 32.1. The maximum absolute atomic E-state index is 10.9. The number of nitrogens with two attached hydrogens (primary N) is 1. The van der Waals surface area contributed by atoms with Gasteiger partial charge in [-0.3, -0.25) is 9.36 Å². The van der Waals surface area contributed by atoms with Crippen LogP contribution in [-0.4, -0.2) is 29.7 Å². The minimum Gasteiger partial charge on any atom is -0.480 e. The third-order valence-electron chi connectivity index (χ3n) is 3.62. The number of benzene rings is 1. The predicted molar refractivity (Wildman–Crippen MR) is 93.9 cm³/mol. The molecule has 0 unspecified atom stereocenters. The van der Waals surface area contributed by atoms with Gasteiger partial charge in [0.25, 0.3) is 6.01 Å². The summed E-state index contributed by atoms with van der Waals surface area (Å²) in [4.78, 5) is 23.7. The van der Waals surface area contributed by atoms with Crippen LogP contribution in [0.2, 0.25) is 0 Å². The number of nitrogens with zero attached hydrogens (tertiary/aromatic N) is 4. The van der Waals surface area contributed by atoms with Crippen LogP contribution in [0.5, 0.6) is 6.01 Å². The van der Waals surface area contributed by atoms with E-state index in [0.29, 0.717) is 42.8 Å². The van der Waals surface area contributed by atoms with E-state index in [1.807, 2.05) is 30.3 Å². The van der Waals surface area contributed by atoms with Crippen molar-refractivity contribution in [2.45, 2.75) is 25.8 Å². The Kier molecular flexibility index (Phi) is 4.66. The molecule has 0 saturated heterocycles. The van der Waals surface area contributed by atoms with E-state index in [1.54, 1.807) is 4.57 Å². The van der Waals surface area contributed by atoms with E-state index in [1.165, 1.54) is 0 Å². The molecule has 0 spiro atoms. The van der Waals surface area contributed by atoms with Gasteiger partial charge in [0.15, 0.2) is 22.1 Å². The third-order valence-corrected chi connectivity index (χ3v) is 3.85. The first-order valence-electron chi connectivity index (χ1n) is 7.52. The van der Waals surface area contributed by atoms with Crippen LogP contribution in [-0.2, 0) is 17.8 Å². The molecule has 7 nitrogen and oxygen atoms in total. The van der Waals surface area contributed by atoms with Crippen LogP contribution in [0.25, 0.3) is 11.2 Å². The summed E-state index contributed by atoms with van der Waals surface area (Å²) in [5.41, 5.74) is 7.81. The van der Waals surface area contributed by atoms with Gasteiger partial charge in [-0.15, -0.1) is 12.6 Å². The molecule has 0 amide bonds. The van der Waals surface area contributed by atoms with Crippen LogP contribution in [0.15, 0.2) is 30.3 Å². The molecule has 0 saturated carbocycles. The number of hydrogen-bond donors (Lipinski definition) is 3. The molecule has 1 aromatic carbocycles. The minimum atomic E-state index is -0.171. The summed E-state index contributed by atoms with van der Waals surface area (Å²) in [6, 6.07) is 9.53. The van der Waals surface area contributed by atoms with Gasteiger partial charge in [0.2, 0.25) is 0 Å². The van der Waals surface area contributed by atoms with E-state index >= 15 is 0 Å². The Labute approximate surface area is 144 Å². The molecule has 0 atom stereocenters. The highest BCUT2D eigenvalue weighted by molar-refractivity contribution is 7.96. The van der Waals surface area contributed by atoms with Crippen molar-refractivity contribution < 1.29 is 9.90 Å². The molecule has 0 aliphatic carbocycles. The Morgan fingerprint density at radius 2 is 1.96 bits per heavy atom. The van der Waals surface area contributed by atoms with Crippen LogP contribution in [0.3, 0.4) is 0 Å². The van der Waals surface area contributed by atoms with E-state index in [4.69, 9.17) is 5.73 Å². The maximum atomic E-state index is 10.9. The van der Waals surface area contributed by atoms with Crippen molar-refractivity contribution in [3.63, 3.8) is 0 Å². The lowest BCUT2D eigenvalue weighted by atomic mass is 10.2. The van der Waals surface area contributed by atoms with Crippen LogP contribution >= 0.6 is 12.6 Å². The molecule has 3 N–H and O–H groups in total. The molecule has 3 aromatic rings. The van der Waals surface area contributed by atoms with E-state index in [2.05, 4.69) is 27.6 Å². The second kappa shape index (κ2) is 6.88. The van der Waals surface area contributed by atoms with E-state index in [-0.39, 0.29) is 16.9 Å². The molecule has 24 heavy (non-hydrogen) atoms. The van der Waals surface area contributed by atoms with Crippen molar-refractivity contribution in [2.75, 3.05) is 5.73 Å². The molecular weight excluding hydrogens is 326 g/mol. The number of carbonyl (C=O) groups excluding carboxylic acids is 1. The molecule has 3 rings (SSSR count). The van der Waals surface area contributed by atoms with Crippen LogP contribution in [0, 0.1) is 0 Å². The topological polar surface area (TPSA) is 107 Å². The fourth-order valence-corrected chi connectivity index (χ4v) is 2.64. The van der Waals surface area contributed by atoms with Gasteiger partial charge in [-0.1, -0.05) is 30.3 Å². The van der Waals surface area contributed by atoms with Gasteiger partial charge in [0.05, 0.1) is 6.54 Å². The molecule has 2 aromatic heterocycles. The Bertz CT molecular complexity index is 879. The normalized spacial score (nSPS) is 11.0. The molecule has 124 valence electrons. The van der Waals surface area contributed by atoms with Gasteiger partial charge >= 0.3 is 0 Å². The van der Waals surface area contributed by atoms with Gasteiger partial charge in [0, 0.05) is 12.8 Å². The predicted octanol–water partition coefficient (Wildman–Crippen LogP) is 1.94. The number of thiol groups is 1. The number of anilines is 1. The largest absolute Gasteiger partial charge is 0.480 e. The lowest BCUT2D eigenvalue weighted by molar-refractivity contribution is -0.110. The maximum Gasteiger partial charge on any atom is 0.296 e. The summed E-state index contributed by atoms with van der Waals surface area (Å²) in [6.07, 6.45) is 1.44. The fourth-order valence-electron chi connectivity index (χ4n) is 2.48. The summed E-state index contributed by atoms with van der Waals surface area (Å²) < 4.78 is 1.59. The summed E-state index contributed by atoms with van der Waals surface area (Å²) in [6.45, 7) is 0.425. The Morgan fingerprint density at radius 3 is 2.67 bits per heavy atom. The van der Waals surface area contributed by atoms with Gasteiger partial charge in [-0.05, 0) is 12.0 Å². The average Bonchev–Trinajstić information content (AvgIpc) is 2.85. The SMILES string of the molecule is Nc1nc(CCCC(=O)S)nc2c1nc(O)n2Cc1ccccc1. The van der Waals surface area contributed by atoms with Crippen LogP contribution in [0.4, 0.5) is 5.82 Å².